The average Bonchev–Trinajstić information content (AvgIpc) is 3.13. The van der Waals surface area contributed by atoms with Crippen molar-refractivity contribution in [3.63, 3.8) is 0 Å². The molecular weight excluding hydrogens is 336 g/mol. The Morgan fingerprint density at radius 3 is 2.26 bits per heavy atom. The fraction of sp³-hybridized carbons (Fsp3) is 0.261. The number of aromatic nitrogens is 1. The van der Waals surface area contributed by atoms with Crippen LogP contribution in [0.5, 0.6) is 0 Å². The van der Waals surface area contributed by atoms with Gasteiger partial charge in [-0.1, -0.05) is 60.7 Å². The molecule has 0 bridgehead atoms. The van der Waals surface area contributed by atoms with E-state index < -0.39 is 0 Å². The zero-order valence-electron chi connectivity index (χ0n) is 15.8. The summed E-state index contributed by atoms with van der Waals surface area (Å²) in [6, 6.07) is 24.4. The first kappa shape index (κ1) is 18.9. The van der Waals surface area contributed by atoms with Gasteiger partial charge in [-0.2, -0.15) is 0 Å². The Morgan fingerprint density at radius 1 is 0.926 bits per heavy atom. The standard InChI is InChI=1S/C23H26N2O2/c1-27-16-15-25(23(26)17-20-9-4-2-5-10-20)19-22-13-8-14-24(22)18-21-11-6-3-7-12-21/h2-14H,15-19H2,1H3. The van der Waals surface area contributed by atoms with Crippen molar-refractivity contribution in [2.24, 2.45) is 0 Å². The molecule has 27 heavy (non-hydrogen) atoms. The fourth-order valence-corrected chi connectivity index (χ4v) is 3.10. The first-order chi connectivity index (χ1) is 13.3. The Morgan fingerprint density at radius 2 is 1.59 bits per heavy atom. The molecule has 4 nitrogen and oxygen atoms in total. The van der Waals surface area contributed by atoms with E-state index in [0.717, 1.165) is 17.8 Å². The normalized spacial score (nSPS) is 10.7. The van der Waals surface area contributed by atoms with Crippen LogP contribution < -0.4 is 0 Å². The molecule has 4 heteroatoms. The highest BCUT2D eigenvalue weighted by Crippen LogP contribution is 2.12. The Kier molecular flexibility index (Phi) is 6.83. The van der Waals surface area contributed by atoms with Gasteiger partial charge in [0.05, 0.1) is 19.6 Å². The Labute approximate surface area is 161 Å². The summed E-state index contributed by atoms with van der Waals surface area (Å²) in [6.45, 7) is 2.49. The summed E-state index contributed by atoms with van der Waals surface area (Å²) in [7, 11) is 1.66. The predicted molar refractivity (Wildman–Crippen MR) is 107 cm³/mol. The molecule has 0 unspecified atom stereocenters. The maximum absolute atomic E-state index is 12.9. The molecule has 140 valence electrons. The van der Waals surface area contributed by atoms with Crippen LogP contribution >= 0.6 is 0 Å². The van der Waals surface area contributed by atoms with Crippen molar-refractivity contribution in [1.29, 1.82) is 0 Å². The lowest BCUT2D eigenvalue weighted by Crippen LogP contribution is -2.35. The van der Waals surface area contributed by atoms with Crippen LogP contribution in [0.4, 0.5) is 0 Å². The highest BCUT2D eigenvalue weighted by molar-refractivity contribution is 5.78. The van der Waals surface area contributed by atoms with Crippen molar-refractivity contribution in [3.05, 3.63) is 95.8 Å². The zero-order chi connectivity index (χ0) is 18.9. The summed E-state index contributed by atoms with van der Waals surface area (Å²) in [6.07, 6.45) is 2.47. The minimum atomic E-state index is 0.116. The van der Waals surface area contributed by atoms with Gasteiger partial charge in [-0.05, 0) is 23.3 Å². The largest absolute Gasteiger partial charge is 0.383 e. The van der Waals surface area contributed by atoms with Crippen LogP contribution in [-0.2, 0) is 29.0 Å². The summed E-state index contributed by atoms with van der Waals surface area (Å²) < 4.78 is 7.42. The Balaban J connectivity index is 1.71. The van der Waals surface area contributed by atoms with Crippen molar-refractivity contribution >= 4 is 5.91 Å². The van der Waals surface area contributed by atoms with E-state index in [1.165, 1.54) is 5.56 Å². The summed E-state index contributed by atoms with van der Waals surface area (Å²) >= 11 is 0. The second-order valence-corrected chi connectivity index (χ2v) is 6.58. The third kappa shape index (κ3) is 5.56. The molecule has 3 aromatic rings. The smallest absolute Gasteiger partial charge is 0.227 e. The summed E-state index contributed by atoms with van der Waals surface area (Å²) in [5, 5.41) is 0. The third-order valence-electron chi connectivity index (χ3n) is 4.59. The molecule has 0 saturated heterocycles. The molecular formula is C23H26N2O2. The van der Waals surface area contributed by atoms with Crippen LogP contribution in [0.15, 0.2) is 79.0 Å². The van der Waals surface area contributed by atoms with E-state index in [1.807, 2.05) is 59.5 Å². The van der Waals surface area contributed by atoms with Crippen LogP contribution in [0, 0.1) is 0 Å². The third-order valence-corrected chi connectivity index (χ3v) is 4.59. The highest BCUT2D eigenvalue weighted by atomic mass is 16.5. The second kappa shape index (κ2) is 9.74. The maximum Gasteiger partial charge on any atom is 0.227 e. The van der Waals surface area contributed by atoms with Gasteiger partial charge >= 0.3 is 0 Å². The molecule has 1 amide bonds. The molecule has 1 heterocycles. The van der Waals surface area contributed by atoms with E-state index in [1.54, 1.807) is 7.11 Å². The molecule has 0 saturated carbocycles. The van der Waals surface area contributed by atoms with Crippen LogP contribution in [0.25, 0.3) is 0 Å². The first-order valence-corrected chi connectivity index (χ1v) is 9.25. The molecule has 0 N–H and O–H groups in total. The van der Waals surface area contributed by atoms with E-state index in [9.17, 15) is 4.79 Å². The molecule has 3 rings (SSSR count). The summed E-state index contributed by atoms with van der Waals surface area (Å²) in [5.74, 6) is 0.116. The van der Waals surface area contributed by atoms with Gasteiger partial charge in [0.25, 0.3) is 0 Å². The van der Waals surface area contributed by atoms with Crippen molar-refractivity contribution in [1.82, 2.24) is 9.47 Å². The molecule has 0 fully saturated rings. The van der Waals surface area contributed by atoms with Crippen LogP contribution in [-0.4, -0.2) is 35.6 Å². The van der Waals surface area contributed by atoms with Crippen LogP contribution in [0.2, 0.25) is 0 Å². The number of benzene rings is 2. The lowest BCUT2D eigenvalue weighted by atomic mass is 10.1. The quantitative estimate of drug-likeness (QED) is 0.581. The molecule has 0 aliphatic heterocycles. The average molecular weight is 362 g/mol. The molecule has 0 spiro atoms. The predicted octanol–water partition coefficient (Wildman–Crippen LogP) is 3.75. The topological polar surface area (TPSA) is 34.5 Å². The van der Waals surface area contributed by atoms with Gasteiger partial charge in [-0.3, -0.25) is 4.79 Å². The molecule has 2 aromatic carbocycles. The summed E-state index contributed by atoms with van der Waals surface area (Å²) in [4.78, 5) is 14.8. The first-order valence-electron chi connectivity index (χ1n) is 9.25. The van der Waals surface area contributed by atoms with E-state index in [2.05, 4.69) is 29.0 Å². The van der Waals surface area contributed by atoms with Gasteiger partial charge in [0.1, 0.15) is 0 Å². The molecule has 0 atom stereocenters. The van der Waals surface area contributed by atoms with Crippen molar-refractivity contribution in [3.8, 4) is 0 Å². The second-order valence-electron chi connectivity index (χ2n) is 6.58. The van der Waals surface area contributed by atoms with Gasteiger partial charge in [0.15, 0.2) is 0 Å². The number of hydrogen-bond donors (Lipinski definition) is 0. The van der Waals surface area contributed by atoms with Crippen molar-refractivity contribution < 1.29 is 9.53 Å². The number of amides is 1. The molecule has 0 radical (unpaired) electrons. The number of carbonyl (C=O) groups is 1. The van der Waals surface area contributed by atoms with E-state index in [4.69, 9.17) is 4.74 Å². The monoisotopic (exact) mass is 362 g/mol. The lowest BCUT2D eigenvalue weighted by molar-refractivity contribution is -0.131. The fourth-order valence-electron chi connectivity index (χ4n) is 3.10. The van der Waals surface area contributed by atoms with Gasteiger partial charge in [0.2, 0.25) is 5.91 Å². The number of hydrogen-bond acceptors (Lipinski definition) is 2. The number of rotatable bonds is 9. The lowest BCUT2D eigenvalue weighted by Gasteiger charge is -2.23. The summed E-state index contributed by atoms with van der Waals surface area (Å²) in [5.41, 5.74) is 3.40. The minimum absolute atomic E-state index is 0.116. The van der Waals surface area contributed by atoms with Gasteiger partial charge in [-0.15, -0.1) is 0 Å². The van der Waals surface area contributed by atoms with E-state index in [-0.39, 0.29) is 5.91 Å². The zero-order valence-corrected chi connectivity index (χ0v) is 15.8. The van der Waals surface area contributed by atoms with Crippen LogP contribution in [0.3, 0.4) is 0 Å². The number of methoxy groups -OCH3 is 1. The van der Waals surface area contributed by atoms with Crippen molar-refractivity contribution in [2.45, 2.75) is 19.5 Å². The molecule has 0 aliphatic rings. The Bertz CT molecular complexity index is 828. The molecule has 0 aliphatic carbocycles. The SMILES string of the molecule is COCCN(Cc1cccn1Cc1ccccc1)C(=O)Cc1ccccc1. The van der Waals surface area contributed by atoms with Gasteiger partial charge in [0, 0.05) is 32.1 Å². The van der Waals surface area contributed by atoms with Crippen LogP contribution in [0.1, 0.15) is 16.8 Å². The number of carbonyl (C=O) groups excluding carboxylic acids is 1. The number of nitrogens with zero attached hydrogens (tertiary/aromatic N) is 2. The number of ether oxygens (including phenoxy) is 1. The molecule has 1 aromatic heterocycles. The van der Waals surface area contributed by atoms with Gasteiger partial charge in [-0.25, -0.2) is 0 Å². The van der Waals surface area contributed by atoms with E-state index in [0.29, 0.717) is 26.1 Å². The maximum atomic E-state index is 12.9. The van der Waals surface area contributed by atoms with Crippen molar-refractivity contribution in [2.75, 3.05) is 20.3 Å². The Hall–Kier alpha value is -2.85. The minimum Gasteiger partial charge on any atom is -0.383 e. The van der Waals surface area contributed by atoms with E-state index >= 15 is 0 Å². The van der Waals surface area contributed by atoms with Gasteiger partial charge < -0.3 is 14.2 Å². The highest BCUT2D eigenvalue weighted by Gasteiger charge is 2.16.